The lowest BCUT2D eigenvalue weighted by molar-refractivity contribution is -0.138. The summed E-state index contributed by atoms with van der Waals surface area (Å²) in [4.78, 5) is 42.5. The summed E-state index contributed by atoms with van der Waals surface area (Å²) in [6, 6.07) is 7.36. The number of carbonyl (C=O) groups excluding carboxylic acids is 1. The van der Waals surface area contributed by atoms with Crippen LogP contribution >= 0.6 is 23.5 Å². The Morgan fingerprint density at radius 1 is 1.06 bits per heavy atom. The van der Waals surface area contributed by atoms with Crippen molar-refractivity contribution in [3.63, 3.8) is 0 Å². The van der Waals surface area contributed by atoms with Crippen LogP contribution in [0.3, 0.4) is 0 Å². The Hall–Kier alpha value is -3.77. The van der Waals surface area contributed by atoms with Crippen LogP contribution in [0.25, 0.3) is 11.0 Å². The van der Waals surface area contributed by atoms with E-state index in [1.54, 1.807) is 23.8 Å². The minimum absolute atomic E-state index is 0.0337. The van der Waals surface area contributed by atoms with Gasteiger partial charge < -0.3 is 46.7 Å². The van der Waals surface area contributed by atoms with Gasteiger partial charge in [-0.3, -0.25) is 14.5 Å². The van der Waals surface area contributed by atoms with E-state index in [9.17, 15) is 9.59 Å². The Morgan fingerprint density at radius 2 is 1.81 bits per heavy atom. The van der Waals surface area contributed by atoms with Crippen LogP contribution in [-0.2, 0) is 27.5 Å². The van der Waals surface area contributed by atoms with Gasteiger partial charge in [0.05, 0.1) is 24.9 Å². The van der Waals surface area contributed by atoms with Crippen LogP contribution in [0.5, 0.6) is 5.75 Å². The lowest BCUT2D eigenvalue weighted by Crippen LogP contribution is -2.49. The summed E-state index contributed by atoms with van der Waals surface area (Å²) in [6.07, 6.45) is 5.35. The number of carbonyl (C=O) groups is 2. The Bertz CT molecular complexity index is 1630. The molecule has 2 atom stereocenters. The van der Waals surface area contributed by atoms with Crippen molar-refractivity contribution in [1.29, 1.82) is 0 Å². The summed E-state index contributed by atoms with van der Waals surface area (Å²) in [5, 5.41) is 16.7. The third-order valence-electron chi connectivity index (χ3n) is 8.44. The molecule has 0 radical (unpaired) electrons. The quantitative estimate of drug-likeness (QED) is 0.0567. The zero-order valence-electron chi connectivity index (χ0n) is 30.5. The SMILES string of the molecule is CCCCCNc1nc(N)nc2ccn(Cc3ccc(CN4CCN(C(=O)CO/N=C(/CSCC(C)N)CSCC(N)C(=O)O)CC4)cc3OC)c12. The van der Waals surface area contributed by atoms with Crippen molar-refractivity contribution in [1.82, 2.24) is 24.3 Å². The van der Waals surface area contributed by atoms with Crippen LogP contribution in [0, 0.1) is 0 Å². The molecule has 286 valence electrons. The highest BCUT2D eigenvalue weighted by Crippen LogP contribution is 2.27. The minimum atomic E-state index is -1.04. The number of thioether (sulfide) groups is 2. The number of hydrogen-bond donors (Lipinski definition) is 5. The number of carboxylic acid groups (broad SMARTS) is 1. The van der Waals surface area contributed by atoms with Gasteiger partial charge in [-0.2, -0.15) is 28.5 Å². The van der Waals surface area contributed by atoms with Gasteiger partial charge in [-0.1, -0.05) is 37.1 Å². The molecule has 0 spiro atoms. The molecule has 17 heteroatoms. The highest BCUT2D eigenvalue weighted by Gasteiger charge is 2.22. The van der Waals surface area contributed by atoms with Crippen molar-refractivity contribution in [3.05, 3.63) is 41.6 Å². The fourth-order valence-corrected chi connectivity index (χ4v) is 7.59. The van der Waals surface area contributed by atoms with Crippen molar-refractivity contribution < 1.29 is 24.3 Å². The van der Waals surface area contributed by atoms with Crippen LogP contribution in [0.4, 0.5) is 11.8 Å². The number of piperazine rings is 1. The van der Waals surface area contributed by atoms with Crippen LogP contribution in [0.1, 0.15) is 44.2 Å². The molecule has 1 amide bonds. The number of ether oxygens (including phenoxy) is 1. The summed E-state index contributed by atoms with van der Waals surface area (Å²) in [7, 11) is 1.69. The molecule has 15 nitrogen and oxygen atoms in total. The van der Waals surface area contributed by atoms with Crippen molar-refractivity contribution >= 4 is 63.9 Å². The summed E-state index contributed by atoms with van der Waals surface area (Å²) < 4.78 is 7.96. The fourth-order valence-electron chi connectivity index (χ4n) is 5.68. The van der Waals surface area contributed by atoms with Gasteiger partial charge in [0.1, 0.15) is 17.3 Å². The van der Waals surface area contributed by atoms with E-state index in [0.29, 0.717) is 36.9 Å². The van der Waals surface area contributed by atoms with Crippen LogP contribution in [-0.4, -0.2) is 129 Å². The molecule has 0 bridgehead atoms. The van der Waals surface area contributed by atoms with Gasteiger partial charge >= 0.3 is 5.97 Å². The number of nitrogens with zero attached hydrogens (tertiary/aromatic N) is 6. The molecule has 1 aliphatic rings. The molecule has 0 aliphatic carbocycles. The number of nitrogens with one attached hydrogen (secondary N) is 1. The summed E-state index contributed by atoms with van der Waals surface area (Å²) >= 11 is 2.98. The van der Waals surface area contributed by atoms with Crippen LogP contribution in [0.15, 0.2) is 35.6 Å². The van der Waals surface area contributed by atoms with Gasteiger partial charge in [-0.15, -0.1) is 0 Å². The number of unbranched alkanes of at least 4 members (excludes halogenated alkanes) is 2. The topological polar surface area (TPSA) is 212 Å². The number of methoxy groups -OCH3 is 1. The van der Waals surface area contributed by atoms with E-state index in [1.807, 2.05) is 19.2 Å². The first-order valence-electron chi connectivity index (χ1n) is 17.7. The number of carboxylic acids is 1. The van der Waals surface area contributed by atoms with E-state index in [-0.39, 0.29) is 30.3 Å². The molecule has 52 heavy (non-hydrogen) atoms. The molecule has 1 fully saturated rings. The van der Waals surface area contributed by atoms with Crippen molar-refractivity contribution in [2.75, 3.05) is 80.5 Å². The van der Waals surface area contributed by atoms with Crippen LogP contribution < -0.4 is 27.3 Å². The number of hydrogen-bond acceptors (Lipinski definition) is 14. The molecule has 0 saturated carbocycles. The molecule has 2 unspecified atom stereocenters. The monoisotopic (exact) mass is 758 g/mol. The Balaban J connectivity index is 1.29. The zero-order valence-corrected chi connectivity index (χ0v) is 32.1. The first-order valence-corrected chi connectivity index (χ1v) is 20.0. The van der Waals surface area contributed by atoms with Gasteiger partial charge in [0.15, 0.2) is 12.4 Å². The smallest absolute Gasteiger partial charge is 0.321 e. The number of benzene rings is 1. The molecule has 2 aromatic heterocycles. The number of aromatic nitrogens is 3. The highest BCUT2D eigenvalue weighted by atomic mass is 32.2. The molecule has 1 aliphatic heterocycles. The maximum atomic E-state index is 12.9. The number of fused-ring (bicyclic) bond motifs is 1. The molecule has 3 heterocycles. The number of oxime groups is 1. The lowest BCUT2D eigenvalue weighted by Gasteiger charge is -2.34. The molecule has 1 aromatic carbocycles. The standard InChI is InChI=1S/C35H54N10O5S2/c1-4-5-6-10-39-33-32-29(40-35(38)41-33)9-11-45(32)18-26-8-7-25(16-30(26)49-3)17-43-12-14-44(15-13-43)31(46)19-50-42-27(21-51-20-24(2)36)22-52-23-28(37)34(47)48/h7-9,11,16,24,28H,4-6,10,12-15,17-23,36-37H2,1-3H3,(H,47,48)(H3,38,39,40,41)/b42-27-. The Labute approximate surface area is 314 Å². The second-order valence-electron chi connectivity index (χ2n) is 12.9. The number of rotatable bonds is 22. The van der Waals surface area contributed by atoms with Gasteiger partial charge in [-0.05, 0) is 31.0 Å². The van der Waals surface area contributed by atoms with Crippen molar-refractivity contribution in [2.45, 2.75) is 58.3 Å². The van der Waals surface area contributed by atoms with Gasteiger partial charge in [0, 0.05) is 80.1 Å². The van der Waals surface area contributed by atoms with Gasteiger partial charge in [0.25, 0.3) is 5.91 Å². The van der Waals surface area contributed by atoms with E-state index >= 15 is 0 Å². The predicted octanol–water partition coefficient (Wildman–Crippen LogP) is 2.91. The van der Waals surface area contributed by atoms with Gasteiger partial charge in [-0.25, -0.2) is 4.98 Å². The number of amides is 1. The van der Waals surface area contributed by atoms with E-state index in [4.69, 9.17) is 31.9 Å². The molecule has 3 aromatic rings. The Morgan fingerprint density at radius 3 is 2.50 bits per heavy atom. The molecular formula is C35H54N10O5S2. The third kappa shape index (κ3) is 12.7. The third-order valence-corrected chi connectivity index (χ3v) is 10.9. The predicted molar refractivity (Wildman–Crippen MR) is 211 cm³/mol. The maximum Gasteiger partial charge on any atom is 0.321 e. The van der Waals surface area contributed by atoms with Crippen molar-refractivity contribution in [3.8, 4) is 5.75 Å². The average molecular weight is 759 g/mol. The largest absolute Gasteiger partial charge is 0.496 e. The van der Waals surface area contributed by atoms with E-state index in [0.717, 1.165) is 84.9 Å². The summed E-state index contributed by atoms with van der Waals surface area (Å²) in [6.45, 7) is 8.71. The number of anilines is 2. The zero-order chi connectivity index (χ0) is 37.5. The second-order valence-corrected chi connectivity index (χ2v) is 15.0. The molecule has 8 N–H and O–H groups in total. The number of aliphatic carboxylic acids is 1. The summed E-state index contributed by atoms with van der Waals surface area (Å²) in [5.41, 5.74) is 22.1. The van der Waals surface area contributed by atoms with Gasteiger partial charge in [0.2, 0.25) is 5.95 Å². The number of nitrogen functional groups attached to an aromatic ring is 1. The maximum absolute atomic E-state index is 12.9. The van der Waals surface area contributed by atoms with Crippen molar-refractivity contribution in [2.24, 2.45) is 16.6 Å². The summed E-state index contributed by atoms with van der Waals surface area (Å²) in [5.74, 6) is 2.65. The lowest BCUT2D eigenvalue weighted by atomic mass is 10.1. The minimum Gasteiger partial charge on any atom is -0.496 e. The average Bonchev–Trinajstić information content (AvgIpc) is 3.52. The molecule has 4 rings (SSSR count). The Kier molecular flexibility index (Phi) is 16.6. The normalized spacial score (nSPS) is 15.1. The highest BCUT2D eigenvalue weighted by molar-refractivity contribution is 8.01. The van der Waals surface area contributed by atoms with E-state index < -0.39 is 12.0 Å². The number of nitrogens with two attached hydrogens (primary N) is 3. The first kappa shape index (κ1) is 41.0. The molecule has 1 saturated heterocycles. The van der Waals surface area contributed by atoms with E-state index in [1.165, 1.54) is 11.8 Å². The fraction of sp³-hybridized carbons (Fsp3) is 0.571. The second kappa shape index (κ2) is 21.1. The first-order chi connectivity index (χ1) is 25.1. The van der Waals surface area contributed by atoms with E-state index in [2.05, 4.69) is 55.0 Å². The van der Waals surface area contributed by atoms with Crippen LogP contribution in [0.2, 0.25) is 0 Å². The molecular weight excluding hydrogens is 705 g/mol.